The van der Waals surface area contributed by atoms with Crippen molar-refractivity contribution >= 4 is 12.1 Å². The van der Waals surface area contributed by atoms with Crippen molar-refractivity contribution < 1.29 is 54.5 Å². The maximum Gasteiger partial charge on any atom is 1.00 e. The molecule has 0 unspecified atom stereocenters. The van der Waals surface area contributed by atoms with Gasteiger partial charge in [0, 0.05) is 0 Å². The Morgan fingerprint density at radius 1 is 1.38 bits per heavy atom. The second-order valence-electron chi connectivity index (χ2n) is 2.25. The van der Waals surface area contributed by atoms with Crippen molar-refractivity contribution in [2.75, 3.05) is 6.54 Å². The largest absolute Gasteiger partial charge is 1.00 e. The molecule has 70 valence electrons. The van der Waals surface area contributed by atoms with Crippen LogP contribution in [0.3, 0.4) is 0 Å². The van der Waals surface area contributed by atoms with E-state index in [1.807, 2.05) is 0 Å². The number of carboxylic acids is 1. The van der Waals surface area contributed by atoms with Gasteiger partial charge in [-0.15, -0.1) is 0 Å². The van der Waals surface area contributed by atoms with Crippen LogP contribution < -0.4 is 40.0 Å². The smallest absolute Gasteiger partial charge is 0.565 e. The molecular formula is C6H10NNaO5. The fourth-order valence-corrected chi connectivity index (χ4v) is 0.895. The van der Waals surface area contributed by atoms with Gasteiger partial charge in [-0.2, -0.15) is 0 Å². The van der Waals surface area contributed by atoms with Gasteiger partial charge in [-0.3, -0.25) is 4.79 Å². The van der Waals surface area contributed by atoms with Gasteiger partial charge in [-0.1, -0.05) is 0 Å². The molecule has 0 bridgehead atoms. The topological polar surface area (TPSA) is 110 Å². The zero-order valence-electron chi connectivity index (χ0n) is 7.32. The molecule has 1 fully saturated rings. The Morgan fingerprint density at radius 3 is 2.00 bits per heavy atom. The van der Waals surface area contributed by atoms with Crippen LogP contribution in [0.15, 0.2) is 0 Å². The number of nitrogens with one attached hydrogen (secondary N) is 1. The zero-order valence-corrected chi connectivity index (χ0v) is 9.32. The van der Waals surface area contributed by atoms with E-state index in [2.05, 4.69) is 5.32 Å². The van der Waals surface area contributed by atoms with Gasteiger partial charge in [-0.25, -0.2) is 0 Å². The summed E-state index contributed by atoms with van der Waals surface area (Å²) in [5, 5.41) is 26.5. The summed E-state index contributed by atoms with van der Waals surface area (Å²) in [4.78, 5) is 18.6. The van der Waals surface area contributed by atoms with Crippen LogP contribution in [0.5, 0.6) is 0 Å². The normalized spacial score (nSPS) is 19.2. The Bertz CT molecular complexity index is 164. The van der Waals surface area contributed by atoms with Gasteiger partial charge in [0.25, 0.3) is 0 Å². The predicted molar refractivity (Wildman–Crippen MR) is 36.7 cm³/mol. The molecule has 6 nitrogen and oxygen atoms in total. The van der Waals surface area contributed by atoms with Crippen molar-refractivity contribution in [2.45, 2.75) is 18.9 Å². The fourth-order valence-electron chi connectivity index (χ4n) is 0.895. The van der Waals surface area contributed by atoms with Crippen molar-refractivity contribution in [1.82, 2.24) is 5.32 Å². The van der Waals surface area contributed by atoms with E-state index in [-0.39, 0.29) is 35.6 Å². The Labute approximate surface area is 97.2 Å². The third-order valence-electron chi connectivity index (χ3n) is 1.36. The maximum absolute atomic E-state index is 10.1. The van der Waals surface area contributed by atoms with Crippen molar-refractivity contribution in [2.24, 2.45) is 0 Å². The second-order valence-corrected chi connectivity index (χ2v) is 2.25. The molecule has 0 aromatic carbocycles. The summed E-state index contributed by atoms with van der Waals surface area (Å²) in [6.07, 6.45) is -0.299. The fraction of sp³-hybridized carbons (Fsp3) is 0.667. The predicted octanol–water partition coefficient (Wildman–Crippen LogP) is -4.29. The molecule has 0 aromatic heterocycles. The van der Waals surface area contributed by atoms with E-state index < -0.39 is 12.1 Å². The summed E-state index contributed by atoms with van der Waals surface area (Å²) in [7, 11) is 0. The summed E-state index contributed by atoms with van der Waals surface area (Å²) >= 11 is 0. The number of hydrogen-bond acceptors (Lipinski definition) is 4. The Hall–Kier alpha value is -0.300. The SMILES string of the molecule is O=C(O)[C@@H]1CCCN1.O=C([O-])O.[Na+]. The Kier molecular flexibility index (Phi) is 9.70. The van der Waals surface area contributed by atoms with E-state index in [1.54, 1.807) is 0 Å². The summed E-state index contributed by atoms with van der Waals surface area (Å²) < 4.78 is 0. The second kappa shape index (κ2) is 8.31. The van der Waals surface area contributed by atoms with Crippen molar-refractivity contribution in [3.05, 3.63) is 0 Å². The molecule has 0 spiro atoms. The van der Waals surface area contributed by atoms with Crippen molar-refractivity contribution in [3.8, 4) is 0 Å². The molecule has 1 rings (SSSR count). The van der Waals surface area contributed by atoms with Gasteiger partial charge < -0.3 is 25.4 Å². The molecule has 0 radical (unpaired) electrons. The molecule has 1 atom stereocenters. The number of hydrogen-bond donors (Lipinski definition) is 3. The van der Waals surface area contributed by atoms with E-state index in [0.29, 0.717) is 0 Å². The van der Waals surface area contributed by atoms with E-state index in [0.717, 1.165) is 19.4 Å². The first-order valence-corrected chi connectivity index (χ1v) is 3.40. The number of aliphatic carboxylic acids is 1. The zero-order chi connectivity index (χ0) is 9.56. The van der Waals surface area contributed by atoms with Crippen LogP contribution in [0.1, 0.15) is 12.8 Å². The van der Waals surface area contributed by atoms with E-state index >= 15 is 0 Å². The molecule has 0 aliphatic carbocycles. The van der Waals surface area contributed by atoms with Crippen LogP contribution in [0.2, 0.25) is 0 Å². The number of carboxylic acid groups (broad SMARTS) is 3. The van der Waals surface area contributed by atoms with E-state index in [1.165, 1.54) is 0 Å². The Morgan fingerprint density at radius 2 is 1.85 bits per heavy atom. The van der Waals surface area contributed by atoms with Crippen LogP contribution in [0.25, 0.3) is 0 Å². The molecule has 0 amide bonds. The van der Waals surface area contributed by atoms with Crippen LogP contribution >= 0.6 is 0 Å². The monoisotopic (exact) mass is 199 g/mol. The molecule has 1 aliphatic heterocycles. The van der Waals surface area contributed by atoms with Gasteiger partial charge in [0.15, 0.2) is 0 Å². The van der Waals surface area contributed by atoms with Gasteiger partial charge in [0.1, 0.15) is 6.04 Å². The van der Waals surface area contributed by atoms with Crippen LogP contribution in [0, 0.1) is 0 Å². The number of rotatable bonds is 1. The molecule has 3 N–H and O–H groups in total. The Balaban J connectivity index is 0. The minimum Gasteiger partial charge on any atom is -0.565 e. The summed E-state index contributed by atoms with van der Waals surface area (Å²) in [5.74, 6) is -0.720. The minimum atomic E-state index is -2.08. The minimum absolute atomic E-state index is 0. The molecule has 0 saturated carbocycles. The van der Waals surface area contributed by atoms with Crippen molar-refractivity contribution in [3.63, 3.8) is 0 Å². The van der Waals surface area contributed by atoms with Crippen molar-refractivity contribution in [1.29, 1.82) is 0 Å². The summed E-state index contributed by atoms with van der Waals surface area (Å²) in [5.41, 5.74) is 0. The van der Waals surface area contributed by atoms with Gasteiger partial charge in [0.2, 0.25) is 6.16 Å². The van der Waals surface area contributed by atoms with Crippen LogP contribution in [0.4, 0.5) is 4.79 Å². The van der Waals surface area contributed by atoms with E-state index in [9.17, 15) is 4.79 Å². The third kappa shape index (κ3) is 9.62. The first-order chi connectivity index (χ1) is 5.54. The molecular weight excluding hydrogens is 189 g/mol. The van der Waals surface area contributed by atoms with Crippen LogP contribution in [-0.2, 0) is 4.79 Å². The molecule has 13 heavy (non-hydrogen) atoms. The number of carbonyl (C=O) groups is 2. The first kappa shape index (κ1) is 15.2. The van der Waals surface area contributed by atoms with Gasteiger partial charge >= 0.3 is 35.5 Å². The first-order valence-electron chi connectivity index (χ1n) is 3.40. The molecule has 1 heterocycles. The third-order valence-corrected chi connectivity index (χ3v) is 1.36. The quantitative estimate of drug-likeness (QED) is 0.369. The van der Waals surface area contributed by atoms with Crippen LogP contribution in [-0.4, -0.2) is 34.9 Å². The maximum atomic E-state index is 10.1. The standard InChI is InChI=1S/C5H9NO2.CH2O3.Na/c7-5(8)4-2-1-3-6-4;2-1(3)4;/h4,6H,1-3H2,(H,7,8);(H2,2,3,4);/q;;+1/p-1/t4-;;/m0../s1. The molecule has 1 saturated heterocycles. The average Bonchev–Trinajstić information content (AvgIpc) is 2.34. The van der Waals surface area contributed by atoms with Gasteiger partial charge in [-0.05, 0) is 19.4 Å². The molecule has 7 heteroatoms. The molecule has 1 aliphatic rings. The average molecular weight is 199 g/mol. The summed E-state index contributed by atoms with van der Waals surface area (Å²) in [6.45, 7) is 0.858. The summed E-state index contributed by atoms with van der Waals surface area (Å²) in [6, 6.07) is -0.269. The van der Waals surface area contributed by atoms with E-state index in [4.69, 9.17) is 20.1 Å². The van der Waals surface area contributed by atoms with Gasteiger partial charge in [0.05, 0.1) is 0 Å². The molecule has 0 aromatic rings.